The fourth-order valence-electron chi connectivity index (χ4n) is 1.99. The van der Waals surface area contributed by atoms with Crippen LogP contribution in [0.1, 0.15) is 11.1 Å². The lowest BCUT2D eigenvalue weighted by Gasteiger charge is -2.17. The zero-order valence-electron chi connectivity index (χ0n) is 13.5. The number of nitrogens with one attached hydrogen (secondary N) is 2. The Hall–Kier alpha value is -2.70. The summed E-state index contributed by atoms with van der Waals surface area (Å²) in [6.45, 7) is 3.80. The first-order valence-electron chi connectivity index (χ1n) is 7.48. The van der Waals surface area contributed by atoms with E-state index in [1.54, 1.807) is 48.5 Å². The Morgan fingerprint density at radius 1 is 0.708 bits per heavy atom. The molecule has 0 saturated heterocycles. The fourth-order valence-corrected chi connectivity index (χ4v) is 1.99. The number of benzene rings is 2. The van der Waals surface area contributed by atoms with Crippen molar-refractivity contribution in [3.8, 4) is 0 Å². The summed E-state index contributed by atoms with van der Waals surface area (Å²) in [6.07, 6.45) is -3.76. The third-order valence-corrected chi connectivity index (χ3v) is 3.47. The minimum Gasteiger partial charge on any atom is -0.380 e. The minimum atomic E-state index is -1.88. The van der Waals surface area contributed by atoms with Crippen LogP contribution in [0, 0.1) is 13.8 Å². The van der Waals surface area contributed by atoms with Crippen molar-refractivity contribution in [1.82, 2.24) is 0 Å². The van der Waals surface area contributed by atoms with E-state index in [0.29, 0.717) is 11.4 Å². The molecule has 0 bridgehead atoms. The zero-order valence-corrected chi connectivity index (χ0v) is 13.5. The van der Waals surface area contributed by atoms with Gasteiger partial charge in [-0.25, -0.2) is 0 Å². The Kier molecular flexibility index (Phi) is 5.68. The van der Waals surface area contributed by atoms with E-state index in [2.05, 4.69) is 10.6 Å². The summed E-state index contributed by atoms with van der Waals surface area (Å²) >= 11 is 0. The number of carbonyl (C=O) groups is 2. The Morgan fingerprint density at radius 3 is 1.29 bits per heavy atom. The summed E-state index contributed by atoms with van der Waals surface area (Å²) in [6, 6.07) is 13.8. The largest absolute Gasteiger partial charge is 0.380 e. The fraction of sp³-hybridized carbons (Fsp3) is 0.222. The summed E-state index contributed by atoms with van der Waals surface area (Å²) in [5.74, 6) is -1.71. The zero-order chi connectivity index (χ0) is 17.7. The van der Waals surface area contributed by atoms with Gasteiger partial charge in [-0.15, -0.1) is 0 Å². The number of hydrogen-bond acceptors (Lipinski definition) is 4. The van der Waals surface area contributed by atoms with Crippen molar-refractivity contribution in [2.75, 3.05) is 10.6 Å². The van der Waals surface area contributed by atoms with Crippen molar-refractivity contribution >= 4 is 23.2 Å². The summed E-state index contributed by atoms with van der Waals surface area (Å²) in [4.78, 5) is 23.9. The standard InChI is InChI=1S/C18H20N2O4/c1-11-3-7-13(8-4-11)19-17(23)15(21)16(22)18(24)20-14-9-5-12(2)6-10-14/h3-10,15-16,21-22H,1-2H3,(H,19,23)(H,20,24)/t15-,16-/m1/s1. The molecular formula is C18H20N2O4. The second kappa shape index (κ2) is 7.72. The molecule has 126 valence electrons. The lowest BCUT2D eigenvalue weighted by atomic mass is 10.1. The SMILES string of the molecule is Cc1ccc(NC(=O)[C@H](O)[C@@H](O)C(=O)Nc2ccc(C)cc2)cc1. The van der Waals surface area contributed by atoms with Gasteiger partial charge in [0.2, 0.25) is 0 Å². The average molecular weight is 328 g/mol. The van der Waals surface area contributed by atoms with E-state index in [1.165, 1.54) is 0 Å². The van der Waals surface area contributed by atoms with Gasteiger partial charge in [0.1, 0.15) is 0 Å². The van der Waals surface area contributed by atoms with E-state index in [1.807, 2.05) is 13.8 Å². The molecule has 0 saturated carbocycles. The first kappa shape index (κ1) is 17.7. The molecule has 2 aromatic rings. The van der Waals surface area contributed by atoms with Crippen LogP contribution >= 0.6 is 0 Å². The highest BCUT2D eigenvalue weighted by Gasteiger charge is 2.30. The quantitative estimate of drug-likeness (QED) is 0.670. The Bertz CT molecular complexity index is 647. The highest BCUT2D eigenvalue weighted by atomic mass is 16.3. The van der Waals surface area contributed by atoms with Crippen LogP contribution < -0.4 is 10.6 Å². The third-order valence-electron chi connectivity index (χ3n) is 3.47. The number of amides is 2. The average Bonchev–Trinajstić information content (AvgIpc) is 2.57. The predicted molar refractivity (Wildman–Crippen MR) is 91.6 cm³/mol. The Morgan fingerprint density at radius 2 is 1.00 bits per heavy atom. The molecular weight excluding hydrogens is 308 g/mol. The van der Waals surface area contributed by atoms with Gasteiger partial charge in [0.05, 0.1) is 0 Å². The van der Waals surface area contributed by atoms with Gasteiger partial charge in [0.15, 0.2) is 12.2 Å². The smallest absolute Gasteiger partial charge is 0.256 e. The van der Waals surface area contributed by atoms with E-state index in [-0.39, 0.29) is 0 Å². The van der Waals surface area contributed by atoms with Crippen LogP contribution in [0.15, 0.2) is 48.5 Å². The van der Waals surface area contributed by atoms with Gasteiger partial charge < -0.3 is 20.8 Å². The normalized spacial score (nSPS) is 13.0. The number of aryl methyl sites for hydroxylation is 2. The summed E-state index contributed by atoms with van der Waals surface area (Å²) in [7, 11) is 0. The minimum absolute atomic E-state index is 0.468. The van der Waals surface area contributed by atoms with Crippen LogP contribution in [0.5, 0.6) is 0 Å². The van der Waals surface area contributed by atoms with E-state index >= 15 is 0 Å². The first-order chi connectivity index (χ1) is 11.4. The van der Waals surface area contributed by atoms with Crippen molar-refractivity contribution in [2.24, 2.45) is 0 Å². The van der Waals surface area contributed by atoms with Gasteiger partial charge in [0.25, 0.3) is 11.8 Å². The second-order valence-corrected chi connectivity index (χ2v) is 5.60. The molecule has 6 nitrogen and oxygen atoms in total. The van der Waals surface area contributed by atoms with Gasteiger partial charge in [0, 0.05) is 11.4 Å². The number of hydrogen-bond donors (Lipinski definition) is 4. The van der Waals surface area contributed by atoms with Crippen molar-refractivity contribution < 1.29 is 19.8 Å². The Balaban J connectivity index is 1.95. The molecule has 2 aromatic carbocycles. The van der Waals surface area contributed by atoms with E-state index in [0.717, 1.165) is 11.1 Å². The van der Waals surface area contributed by atoms with Gasteiger partial charge >= 0.3 is 0 Å². The van der Waals surface area contributed by atoms with Crippen molar-refractivity contribution in [1.29, 1.82) is 0 Å². The Labute approximate surface area is 140 Å². The van der Waals surface area contributed by atoms with E-state index in [9.17, 15) is 19.8 Å². The highest BCUT2D eigenvalue weighted by molar-refractivity contribution is 6.02. The topological polar surface area (TPSA) is 98.7 Å². The molecule has 0 aliphatic heterocycles. The lowest BCUT2D eigenvalue weighted by Crippen LogP contribution is -2.45. The van der Waals surface area contributed by atoms with Crippen molar-refractivity contribution in [2.45, 2.75) is 26.1 Å². The second-order valence-electron chi connectivity index (χ2n) is 5.60. The number of aliphatic hydroxyl groups is 2. The van der Waals surface area contributed by atoms with Gasteiger partial charge in [-0.3, -0.25) is 9.59 Å². The van der Waals surface area contributed by atoms with Crippen LogP contribution in [-0.2, 0) is 9.59 Å². The molecule has 6 heteroatoms. The molecule has 0 radical (unpaired) electrons. The molecule has 4 N–H and O–H groups in total. The maximum atomic E-state index is 11.9. The number of anilines is 2. The molecule has 2 rings (SSSR count). The van der Waals surface area contributed by atoms with Crippen LogP contribution in [-0.4, -0.2) is 34.2 Å². The maximum Gasteiger partial charge on any atom is 0.256 e. The van der Waals surface area contributed by atoms with Gasteiger partial charge in [-0.05, 0) is 38.1 Å². The highest BCUT2D eigenvalue weighted by Crippen LogP contribution is 2.12. The van der Waals surface area contributed by atoms with Crippen molar-refractivity contribution in [3.05, 3.63) is 59.7 Å². The van der Waals surface area contributed by atoms with Gasteiger partial charge in [-0.1, -0.05) is 35.4 Å². The van der Waals surface area contributed by atoms with Crippen LogP contribution in [0.25, 0.3) is 0 Å². The molecule has 0 aliphatic rings. The first-order valence-corrected chi connectivity index (χ1v) is 7.48. The van der Waals surface area contributed by atoms with E-state index in [4.69, 9.17) is 0 Å². The van der Waals surface area contributed by atoms with Gasteiger partial charge in [-0.2, -0.15) is 0 Å². The molecule has 0 spiro atoms. The van der Waals surface area contributed by atoms with Crippen LogP contribution in [0.2, 0.25) is 0 Å². The number of rotatable bonds is 5. The molecule has 0 aliphatic carbocycles. The predicted octanol–water partition coefficient (Wildman–Crippen LogP) is 1.60. The van der Waals surface area contributed by atoms with Crippen molar-refractivity contribution in [3.63, 3.8) is 0 Å². The molecule has 2 atom stereocenters. The number of carbonyl (C=O) groups excluding carboxylic acids is 2. The summed E-state index contributed by atoms with van der Waals surface area (Å²) < 4.78 is 0. The summed E-state index contributed by atoms with van der Waals surface area (Å²) in [5, 5.41) is 24.6. The molecule has 0 heterocycles. The van der Waals surface area contributed by atoms with Crippen LogP contribution in [0.3, 0.4) is 0 Å². The molecule has 0 fully saturated rings. The molecule has 0 unspecified atom stereocenters. The maximum absolute atomic E-state index is 11.9. The molecule has 0 aromatic heterocycles. The van der Waals surface area contributed by atoms with E-state index < -0.39 is 24.0 Å². The van der Waals surface area contributed by atoms with Crippen LogP contribution in [0.4, 0.5) is 11.4 Å². The summed E-state index contributed by atoms with van der Waals surface area (Å²) in [5.41, 5.74) is 2.98. The monoisotopic (exact) mass is 328 g/mol. The lowest BCUT2D eigenvalue weighted by molar-refractivity contribution is -0.139. The number of aliphatic hydroxyl groups excluding tert-OH is 2. The molecule has 2 amide bonds. The third kappa shape index (κ3) is 4.65. The molecule has 24 heavy (non-hydrogen) atoms.